The number of rotatable bonds is 1. The molecule has 74 valence electrons. The van der Waals surface area contributed by atoms with Gasteiger partial charge in [-0.1, -0.05) is 6.92 Å². The van der Waals surface area contributed by atoms with Gasteiger partial charge in [0.15, 0.2) is 0 Å². The highest BCUT2D eigenvalue weighted by atomic mass is 79.9. The Labute approximate surface area is 94.3 Å². The quantitative estimate of drug-likeness (QED) is 0.791. The largest absolute Gasteiger partial charge is 0.314 e. The van der Waals surface area contributed by atoms with Gasteiger partial charge in [-0.15, -0.1) is 0 Å². The SMILES string of the molecule is CCC1=Nc2c(Br)cc(F)cc2SN1. The summed E-state index contributed by atoms with van der Waals surface area (Å²) in [6.45, 7) is 2.02. The van der Waals surface area contributed by atoms with Gasteiger partial charge in [-0.05, 0) is 40.0 Å². The van der Waals surface area contributed by atoms with Crippen LogP contribution >= 0.6 is 27.9 Å². The molecule has 0 amide bonds. The molecule has 1 N–H and O–H groups in total. The van der Waals surface area contributed by atoms with Gasteiger partial charge in [0.25, 0.3) is 0 Å². The number of hydrogen-bond donors (Lipinski definition) is 1. The molecule has 5 heteroatoms. The first-order chi connectivity index (χ1) is 6.70. The number of nitrogens with zero attached hydrogens (tertiary/aromatic N) is 1. The van der Waals surface area contributed by atoms with Crippen molar-refractivity contribution in [3.05, 3.63) is 22.4 Å². The number of fused-ring (bicyclic) bond motifs is 1. The van der Waals surface area contributed by atoms with E-state index in [-0.39, 0.29) is 5.82 Å². The van der Waals surface area contributed by atoms with Crippen molar-refractivity contribution in [2.75, 3.05) is 0 Å². The Morgan fingerprint density at radius 1 is 1.57 bits per heavy atom. The van der Waals surface area contributed by atoms with Crippen molar-refractivity contribution in [1.82, 2.24) is 4.72 Å². The Bertz CT molecular complexity index is 406. The number of hydrogen-bond acceptors (Lipinski definition) is 3. The van der Waals surface area contributed by atoms with E-state index in [9.17, 15) is 4.39 Å². The van der Waals surface area contributed by atoms with Gasteiger partial charge in [0.1, 0.15) is 11.7 Å². The number of nitrogens with one attached hydrogen (secondary N) is 1. The van der Waals surface area contributed by atoms with Crippen LogP contribution in [0, 0.1) is 5.82 Å². The van der Waals surface area contributed by atoms with Crippen molar-refractivity contribution in [3.8, 4) is 0 Å². The normalized spacial score (nSPS) is 14.4. The molecule has 0 aliphatic carbocycles. The zero-order valence-electron chi connectivity index (χ0n) is 7.47. The molecule has 0 spiro atoms. The maximum atomic E-state index is 13.0. The lowest BCUT2D eigenvalue weighted by atomic mass is 10.3. The first-order valence-corrected chi connectivity index (χ1v) is 5.81. The maximum absolute atomic E-state index is 13.0. The van der Waals surface area contributed by atoms with Crippen LogP contribution in [0.15, 0.2) is 26.5 Å². The zero-order valence-corrected chi connectivity index (χ0v) is 9.88. The molecule has 0 unspecified atom stereocenters. The van der Waals surface area contributed by atoms with Crippen LogP contribution in [0.3, 0.4) is 0 Å². The summed E-state index contributed by atoms with van der Waals surface area (Å²) >= 11 is 4.70. The highest BCUT2D eigenvalue weighted by Crippen LogP contribution is 2.38. The average molecular weight is 275 g/mol. The number of aliphatic imine (C=N–C) groups is 1. The molecular weight excluding hydrogens is 267 g/mol. The molecule has 1 aliphatic heterocycles. The van der Waals surface area contributed by atoms with E-state index in [1.165, 1.54) is 24.1 Å². The second-order valence-corrected chi connectivity index (χ2v) is 4.55. The molecule has 0 aromatic heterocycles. The summed E-state index contributed by atoms with van der Waals surface area (Å²) in [5, 5.41) is 0. The molecule has 0 saturated carbocycles. The summed E-state index contributed by atoms with van der Waals surface area (Å²) in [4.78, 5) is 5.19. The highest BCUT2D eigenvalue weighted by molar-refractivity contribution is 9.10. The van der Waals surface area contributed by atoms with Gasteiger partial charge in [-0.25, -0.2) is 9.38 Å². The monoisotopic (exact) mass is 274 g/mol. The van der Waals surface area contributed by atoms with Gasteiger partial charge in [-0.3, -0.25) is 0 Å². The Hall–Kier alpha value is -0.550. The molecule has 0 radical (unpaired) electrons. The van der Waals surface area contributed by atoms with Gasteiger partial charge in [-0.2, -0.15) is 0 Å². The molecule has 1 aromatic carbocycles. The molecule has 0 saturated heterocycles. The van der Waals surface area contributed by atoms with E-state index in [4.69, 9.17) is 0 Å². The molecule has 2 nitrogen and oxygen atoms in total. The second kappa shape index (κ2) is 3.90. The Kier molecular flexibility index (Phi) is 2.78. The lowest BCUT2D eigenvalue weighted by Gasteiger charge is -2.16. The van der Waals surface area contributed by atoms with E-state index in [1.54, 1.807) is 0 Å². The number of halogens is 2. The van der Waals surface area contributed by atoms with Gasteiger partial charge in [0.05, 0.1) is 10.6 Å². The molecular formula is C9H8BrFN2S. The van der Waals surface area contributed by atoms with Crippen LogP contribution in [0.5, 0.6) is 0 Å². The predicted molar refractivity (Wildman–Crippen MR) is 60.5 cm³/mol. The standard InChI is InChI=1S/C9H8BrFN2S/c1-2-8-12-9-6(10)3-5(11)4-7(9)14-13-8/h3-4H,2H2,1H3,(H,12,13). The lowest BCUT2D eigenvalue weighted by Crippen LogP contribution is -2.17. The third-order valence-electron chi connectivity index (χ3n) is 1.85. The molecule has 14 heavy (non-hydrogen) atoms. The zero-order chi connectivity index (χ0) is 10.1. The van der Waals surface area contributed by atoms with Crippen molar-refractivity contribution in [2.45, 2.75) is 18.2 Å². The van der Waals surface area contributed by atoms with E-state index in [0.717, 1.165) is 22.8 Å². The molecule has 2 rings (SSSR count). The third-order valence-corrected chi connectivity index (χ3v) is 3.33. The molecule has 1 heterocycles. The Morgan fingerprint density at radius 3 is 3.07 bits per heavy atom. The first-order valence-electron chi connectivity index (χ1n) is 4.20. The number of amidine groups is 1. The maximum Gasteiger partial charge on any atom is 0.125 e. The van der Waals surface area contributed by atoms with E-state index in [2.05, 4.69) is 25.6 Å². The van der Waals surface area contributed by atoms with Crippen molar-refractivity contribution < 1.29 is 4.39 Å². The minimum absolute atomic E-state index is 0.250. The van der Waals surface area contributed by atoms with Crippen LogP contribution < -0.4 is 4.72 Å². The van der Waals surface area contributed by atoms with Crippen LogP contribution in [0.2, 0.25) is 0 Å². The Morgan fingerprint density at radius 2 is 2.36 bits per heavy atom. The fourth-order valence-corrected chi connectivity index (χ4v) is 2.65. The summed E-state index contributed by atoms with van der Waals surface area (Å²) in [6.07, 6.45) is 0.844. The minimum atomic E-state index is -0.250. The molecule has 1 aliphatic rings. The summed E-state index contributed by atoms with van der Waals surface area (Å²) in [5.41, 5.74) is 0.812. The summed E-state index contributed by atoms with van der Waals surface area (Å²) in [6, 6.07) is 2.91. The fourth-order valence-electron chi connectivity index (χ4n) is 1.15. The first kappa shape index (κ1) is 9.98. The molecule has 0 atom stereocenters. The van der Waals surface area contributed by atoms with Crippen molar-refractivity contribution in [3.63, 3.8) is 0 Å². The van der Waals surface area contributed by atoms with E-state index in [0.29, 0.717) is 4.47 Å². The topological polar surface area (TPSA) is 24.4 Å². The summed E-state index contributed by atoms with van der Waals surface area (Å²) in [5.74, 6) is 0.662. The number of benzene rings is 1. The van der Waals surface area contributed by atoms with Crippen LogP contribution in [0.4, 0.5) is 10.1 Å². The molecule has 1 aromatic rings. The van der Waals surface area contributed by atoms with E-state index >= 15 is 0 Å². The van der Waals surface area contributed by atoms with Gasteiger partial charge < -0.3 is 4.72 Å². The predicted octanol–water partition coefficient (Wildman–Crippen LogP) is 3.64. The van der Waals surface area contributed by atoms with Crippen molar-refractivity contribution in [1.29, 1.82) is 0 Å². The molecule has 0 fully saturated rings. The summed E-state index contributed by atoms with van der Waals surface area (Å²) in [7, 11) is 0. The Balaban J connectivity index is 2.52. The second-order valence-electron chi connectivity index (χ2n) is 2.85. The summed E-state index contributed by atoms with van der Waals surface area (Å²) < 4.78 is 16.8. The van der Waals surface area contributed by atoms with Crippen molar-refractivity contribution in [2.24, 2.45) is 4.99 Å². The lowest BCUT2D eigenvalue weighted by molar-refractivity contribution is 0.623. The van der Waals surface area contributed by atoms with Gasteiger partial charge >= 0.3 is 0 Å². The van der Waals surface area contributed by atoms with Crippen LogP contribution in [0.1, 0.15) is 13.3 Å². The fraction of sp³-hybridized carbons (Fsp3) is 0.222. The van der Waals surface area contributed by atoms with E-state index < -0.39 is 0 Å². The van der Waals surface area contributed by atoms with Crippen LogP contribution in [-0.2, 0) is 0 Å². The minimum Gasteiger partial charge on any atom is -0.314 e. The van der Waals surface area contributed by atoms with Gasteiger partial charge in [0.2, 0.25) is 0 Å². The van der Waals surface area contributed by atoms with Crippen molar-refractivity contribution >= 4 is 39.4 Å². The third kappa shape index (κ3) is 1.79. The van der Waals surface area contributed by atoms with Crippen LogP contribution in [-0.4, -0.2) is 5.84 Å². The highest BCUT2D eigenvalue weighted by Gasteiger charge is 2.15. The van der Waals surface area contributed by atoms with E-state index in [1.807, 2.05) is 6.92 Å². The molecule has 0 bridgehead atoms. The smallest absolute Gasteiger partial charge is 0.125 e. The average Bonchev–Trinajstić information content (AvgIpc) is 2.17. The van der Waals surface area contributed by atoms with Crippen LogP contribution in [0.25, 0.3) is 0 Å². The van der Waals surface area contributed by atoms with Gasteiger partial charge in [0, 0.05) is 10.9 Å².